The Morgan fingerprint density at radius 3 is 1.66 bits per heavy atom. The van der Waals surface area contributed by atoms with Gasteiger partial charge < -0.3 is 4.42 Å². The molecule has 0 aliphatic heterocycles. The second-order valence-corrected chi connectivity index (χ2v) is 10.5. The molecule has 0 aliphatic carbocycles. The molecule has 41 heavy (non-hydrogen) atoms. The first kappa shape index (κ1) is 18.0. The average Bonchev–Trinajstić information content (AvgIpc) is 3.47. The Morgan fingerprint density at radius 2 is 0.976 bits per heavy atom. The van der Waals surface area contributed by atoms with Crippen LogP contribution >= 0.6 is 0 Å². The van der Waals surface area contributed by atoms with Crippen LogP contribution in [0.3, 0.4) is 0 Å². The van der Waals surface area contributed by atoms with E-state index in [1.165, 1.54) is 0 Å². The Bertz CT molecular complexity index is 2690. The molecule has 0 radical (unpaired) electrons. The zero-order chi connectivity index (χ0) is 31.3. The Morgan fingerprint density at radius 1 is 0.390 bits per heavy atom. The van der Waals surface area contributed by atoms with Crippen molar-refractivity contribution in [2.24, 2.45) is 0 Å². The van der Waals surface area contributed by atoms with Crippen LogP contribution < -0.4 is 0 Å². The second-order valence-electron chi connectivity index (χ2n) is 10.5. The molecule has 0 amide bonds. The summed E-state index contributed by atoms with van der Waals surface area (Å²) in [5, 5.41) is 7.05. The van der Waals surface area contributed by atoms with E-state index in [-0.39, 0.29) is 52.1 Å². The zero-order valence-corrected chi connectivity index (χ0v) is 21.9. The van der Waals surface area contributed by atoms with Gasteiger partial charge in [0.05, 0.1) is 6.85 Å². The number of furan rings is 1. The van der Waals surface area contributed by atoms with Gasteiger partial charge in [-0.3, -0.25) is 0 Å². The number of hydrogen-bond donors (Lipinski definition) is 0. The van der Waals surface area contributed by atoms with Crippen molar-refractivity contribution in [3.05, 3.63) is 145 Å². The minimum absolute atomic E-state index is 0.0318. The van der Waals surface area contributed by atoms with Gasteiger partial charge in [0.15, 0.2) is 0 Å². The van der Waals surface area contributed by atoms with E-state index >= 15 is 0 Å². The highest BCUT2D eigenvalue weighted by Crippen LogP contribution is 2.44. The minimum atomic E-state index is -0.188. The summed E-state index contributed by atoms with van der Waals surface area (Å²) in [7, 11) is 0. The van der Waals surface area contributed by atoms with E-state index in [2.05, 4.69) is 24.3 Å². The van der Waals surface area contributed by atoms with E-state index in [1.807, 2.05) is 91.0 Å². The van der Waals surface area contributed by atoms with E-state index < -0.39 is 0 Å². The maximum Gasteiger partial charge on any atom is 0.136 e. The van der Waals surface area contributed by atoms with E-state index in [9.17, 15) is 6.85 Å². The average molecular weight is 526 g/mol. The van der Waals surface area contributed by atoms with Crippen molar-refractivity contribution < 1.29 is 11.3 Å². The first-order valence-electron chi connectivity index (χ1n) is 16.2. The predicted octanol–water partition coefficient (Wildman–Crippen LogP) is 11.5. The molecule has 0 atom stereocenters. The highest BCUT2D eigenvalue weighted by atomic mass is 16.3. The normalized spacial score (nSPS) is 13.6. The summed E-state index contributed by atoms with van der Waals surface area (Å²) in [5.74, 6) is 0. The lowest BCUT2D eigenvalue weighted by Crippen LogP contribution is -1.90. The number of hydrogen-bond acceptors (Lipinski definition) is 1. The highest BCUT2D eigenvalue weighted by Gasteiger charge is 2.17. The summed E-state index contributed by atoms with van der Waals surface area (Å²) in [6.07, 6.45) is 0. The van der Waals surface area contributed by atoms with E-state index in [1.54, 1.807) is 0 Å². The summed E-state index contributed by atoms with van der Waals surface area (Å²) >= 11 is 0. The lowest BCUT2D eigenvalue weighted by atomic mass is 9.85. The van der Waals surface area contributed by atoms with Gasteiger partial charge in [0, 0.05) is 10.8 Å². The molecule has 1 aromatic heterocycles. The van der Waals surface area contributed by atoms with E-state index in [0.717, 1.165) is 43.4 Å². The molecule has 1 heterocycles. The van der Waals surface area contributed by atoms with Crippen molar-refractivity contribution in [1.82, 2.24) is 0 Å². The lowest BCUT2D eigenvalue weighted by Gasteiger charge is -2.18. The third kappa shape index (κ3) is 3.36. The molecule has 1 nitrogen and oxygen atoms in total. The smallest absolute Gasteiger partial charge is 0.136 e. The Balaban J connectivity index is 1.46. The van der Waals surface area contributed by atoms with Gasteiger partial charge in [-0.25, -0.2) is 0 Å². The number of rotatable bonds is 2. The molecule has 0 bridgehead atoms. The number of fused-ring (bicyclic) bond motifs is 7. The van der Waals surface area contributed by atoms with Gasteiger partial charge in [0.25, 0.3) is 0 Å². The number of benzene rings is 8. The molecule has 1 heteroatoms. The van der Waals surface area contributed by atoms with E-state index in [4.69, 9.17) is 4.42 Å². The Labute approximate surface area is 243 Å². The van der Waals surface area contributed by atoms with Crippen LogP contribution in [-0.2, 0) is 0 Å². The van der Waals surface area contributed by atoms with Crippen molar-refractivity contribution >= 4 is 65.0 Å². The van der Waals surface area contributed by atoms with Crippen LogP contribution in [0.2, 0.25) is 0 Å². The van der Waals surface area contributed by atoms with Crippen LogP contribution in [0.15, 0.2) is 150 Å². The molecule has 9 aromatic rings. The fourth-order valence-electron chi connectivity index (χ4n) is 6.27. The molecule has 8 aromatic carbocycles. The van der Waals surface area contributed by atoms with Gasteiger partial charge in [-0.2, -0.15) is 0 Å². The van der Waals surface area contributed by atoms with Crippen molar-refractivity contribution in [1.29, 1.82) is 0 Å². The summed E-state index contributed by atoms with van der Waals surface area (Å²) in [6, 6.07) is 37.6. The van der Waals surface area contributed by atoms with Crippen molar-refractivity contribution in [2.75, 3.05) is 0 Å². The molecule has 0 unspecified atom stereocenters. The summed E-state index contributed by atoms with van der Waals surface area (Å²) in [6.45, 7) is 0. The monoisotopic (exact) mass is 525 g/mol. The highest BCUT2D eigenvalue weighted by molar-refractivity contribution is 6.22. The minimum Gasteiger partial charge on any atom is -0.456 e. The van der Waals surface area contributed by atoms with Crippen LogP contribution in [0.25, 0.3) is 87.3 Å². The topological polar surface area (TPSA) is 13.1 Å². The maximum atomic E-state index is 9.65. The summed E-state index contributed by atoms with van der Waals surface area (Å²) < 4.78 is 53.0. The quantitative estimate of drug-likeness (QED) is 0.205. The SMILES string of the molecule is [2H]c1c(-c2c3ccccc3c(-c3ccccc3)c3ccccc23)c([2H])c2c([2H])c3c(oc4cc5ccccc5cc43)c([2H])c2c1[2H]. The van der Waals surface area contributed by atoms with Gasteiger partial charge in [-0.05, 0) is 95.6 Å². The maximum absolute atomic E-state index is 9.65. The molecule has 0 spiro atoms. The van der Waals surface area contributed by atoms with Gasteiger partial charge >= 0.3 is 0 Å². The molecular formula is C40H24O. The predicted molar refractivity (Wildman–Crippen MR) is 175 cm³/mol. The molecule has 0 N–H and O–H groups in total. The Kier molecular flexibility index (Phi) is 3.76. The third-order valence-corrected chi connectivity index (χ3v) is 8.10. The first-order valence-corrected chi connectivity index (χ1v) is 13.7. The standard InChI is InChI=1S/C40H24O/c1-2-10-25(11-3-1)39-31-14-6-8-16-33(31)40(34-17-9-7-15-32(34)39)29-19-18-28-24-38-36(22-30(28)20-29)35-21-26-12-4-5-13-27(26)23-37(35)41-38/h1-24H/i18D,19D,20D,22D,24D. The van der Waals surface area contributed by atoms with Crippen LogP contribution in [0.4, 0.5) is 0 Å². The lowest BCUT2D eigenvalue weighted by molar-refractivity contribution is 0.670. The van der Waals surface area contributed by atoms with Crippen LogP contribution in [0, 0.1) is 0 Å². The van der Waals surface area contributed by atoms with Crippen LogP contribution in [0.5, 0.6) is 0 Å². The van der Waals surface area contributed by atoms with Crippen molar-refractivity contribution in [3.63, 3.8) is 0 Å². The summed E-state index contributed by atoms with van der Waals surface area (Å²) in [4.78, 5) is 0. The fourth-order valence-corrected chi connectivity index (χ4v) is 6.27. The van der Waals surface area contributed by atoms with Gasteiger partial charge in [0.1, 0.15) is 11.2 Å². The molecule has 190 valence electrons. The molecular weight excluding hydrogens is 496 g/mol. The van der Waals surface area contributed by atoms with Crippen LogP contribution in [0.1, 0.15) is 6.85 Å². The molecule has 9 rings (SSSR count). The molecule has 0 aliphatic rings. The van der Waals surface area contributed by atoms with Gasteiger partial charge in [-0.15, -0.1) is 0 Å². The second kappa shape index (κ2) is 8.55. The fraction of sp³-hybridized carbons (Fsp3) is 0. The first-order chi connectivity index (χ1) is 22.4. The Hall–Kier alpha value is -5.40. The van der Waals surface area contributed by atoms with Gasteiger partial charge in [0.2, 0.25) is 0 Å². The van der Waals surface area contributed by atoms with Crippen LogP contribution in [-0.4, -0.2) is 0 Å². The summed E-state index contributed by atoms with van der Waals surface area (Å²) in [5.41, 5.74) is 3.84. The third-order valence-electron chi connectivity index (χ3n) is 8.10. The van der Waals surface area contributed by atoms with Crippen molar-refractivity contribution in [2.45, 2.75) is 0 Å². The molecule has 0 fully saturated rings. The largest absolute Gasteiger partial charge is 0.456 e. The molecule has 0 saturated carbocycles. The van der Waals surface area contributed by atoms with E-state index in [0.29, 0.717) is 21.9 Å². The molecule has 0 saturated heterocycles. The van der Waals surface area contributed by atoms with Crippen molar-refractivity contribution in [3.8, 4) is 22.3 Å². The van der Waals surface area contributed by atoms with Gasteiger partial charge in [-0.1, -0.05) is 115 Å². The zero-order valence-electron chi connectivity index (χ0n) is 26.9.